The summed E-state index contributed by atoms with van der Waals surface area (Å²) in [6, 6.07) is 0. The second-order valence-electron chi connectivity index (χ2n) is 2.75. The van der Waals surface area contributed by atoms with E-state index in [1.54, 1.807) is 11.2 Å². The quantitative estimate of drug-likeness (QED) is 0.554. The molecule has 5 nitrogen and oxygen atoms in total. The molecule has 0 aliphatic carbocycles. The SMILES string of the molecule is NC1=CN=CN2CC(C=O)=CN=C12. The lowest BCUT2D eigenvalue weighted by Gasteiger charge is -2.25. The lowest BCUT2D eigenvalue weighted by molar-refractivity contribution is -0.105. The van der Waals surface area contributed by atoms with E-state index in [4.69, 9.17) is 5.73 Å². The van der Waals surface area contributed by atoms with Gasteiger partial charge in [0.25, 0.3) is 0 Å². The second kappa shape index (κ2) is 2.85. The first-order valence-electron chi connectivity index (χ1n) is 3.79. The molecule has 66 valence electrons. The molecule has 0 bridgehead atoms. The zero-order chi connectivity index (χ0) is 9.26. The van der Waals surface area contributed by atoms with Crippen LogP contribution in [0.4, 0.5) is 0 Å². The molecule has 0 aromatic heterocycles. The maximum atomic E-state index is 10.5. The lowest BCUT2D eigenvalue weighted by Crippen LogP contribution is -2.38. The molecule has 13 heavy (non-hydrogen) atoms. The number of nitrogens with two attached hydrogens (primary N) is 1. The number of aldehydes is 1. The van der Waals surface area contributed by atoms with Gasteiger partial charge in [-0.15, -0.1) is 0 Å². The molecule has 0 spiro atoms. The summed E-state index contributed by atoms with van der Waals surface area (Å²) < 4.78 is 0. The Labute approximate surface area is 75.0 Å². The zero-order valence-electron chi connectivity index (χ0n) is 6.84. The van der Waals surface area contributed by atoms with E-state index >= 15 is 0 Å². The van der Waals surface area contributed by atoms with E-state index in [-0.39, 0.29) is 0 Å². The Morgan fingerprint density at radius 1 is 1.54 bits per heavy atom. The molecule has 0 radical (unpaired) electrons. The third-order valence-corrected chi connectivity index (χ3v) is 1.81. The minimum absolute atomic E-state index is 0.486. The number of carbonyl (C=O) groups is 1. The molecule has 0 unspecified atom stereocenters. The topological polar surface area (TPSA) is 71.0 Å². The van der Waals surface area contributed by atoms with Crippen molar-refractivity contribution in [3.63, 3.8) is 0 Å². The standard InChI is InChI=1S/C8H8N4O/c9-7-2-10-5-12-3-6(4-13)1-11-8(7)12/h1-2,4-5H,3,9H2. The van der Waals surface area contributed by atoms with Crippen LogP contribution >= 0.6 is 0 Å². The minimum Gasteiger partial charge on any atom is -0.394 e. The van der Waals surface area contributed by atoms with Gasteiger partial charge in [0.05, 0.1) is 24.8 Å². The molecule has 0 saturated carbocycles. The Morgan fingerprint density at radius 2 is 2.38 bits per heavy atom. The van der Waals surface area contributed by atoms with Crippen molar-refractivity contribution >= 4 is 18.5 Å². The molecule has 0 amide bonds. The van der Waals surface area contributed by atoms with Gasteiger partial charge in [0.2, 0.25) is 0 Å². The van der Waals surface area contributed by atoms with Crippen LogP contribution in [0, 0.1) is 0 Å². The summed E-state index contributed by atoms with van der Waals surface area (Å²) in [5, 5.41) is 0. The van der Waals surface area contributed by atoms with Crippen molar-refractivity contribution < 1.29 is 4.79 Å². The van der Waals surface area contributed by atoms with Gasteiger partial charge < -0.3 is 10.6 Å². The van der Waals surface area contributed by atoms with Crippen molar-refractivity contribution in [1.82, 2.24) is 4.90 Å². The fraction of sp³-hybridized carbons (Fsp3) is 0.125. The maximum absolute atomic E-state index is 10.5. The molecule has 0 aromatic rings. The first kappa shape index (κ1) is 7.72. The zero-order valence-corrected chi connectivity index (χ0v) is 6.84. The van der Waals surface area contributed by atoms with E-state index in [0.29, 0.717) is 23.7 Å². The molecular weight excluding hydrogens is 168 g/mol. The number of hydrogen-bond donors (Lipinski definition) is 1. The highest BCUT2D eigenvalue weighted by Gasteiger charge is 2.19. The Kier molecular flexibility index (Phi) is 1.70. The summed E-state index contributed by atoms with van der Waals surface area (Å²) in [7, 11) is 0. The number of hydrogen-bond acceptors (Lipinski definition) is 5. The third kappa shape index (κ3) is 1.24. The average Bonchev–Trinajstić information content (AvgIpc) is 2.18. The highest BCUT2D eigenvalue weighted by molar-refractivity contribution is 6.06. The number of nitrogens with zero attached hydrogens (tertiary/aromatic N) is 3. The molecule has 0 saturated heterocycles. The number of fused-ring (bicyclic) bond motifs is 1. The molecular formula is C8H8N4O. The van der Waals surface area contributed by atoms with E-state index in [9.17, 15) is 4.79 Å². The summed E-state index contributed by atoms with van der Waals surface area (Å²) in [6.07, 6.45) is 5.45. The Bertz CT molecular complexity index is 364. The molecule has 2 heterocycles. The first-order valence-corrected chi connectivity index (χ1v) is 3.79. The summed E-state index contributed by atoms with van der Waals surface area (Å²) in [4.78, 5) is 20.1. The molecule has 0 aromatic carbocycles. The number of carbonyl (C=O) groups excluding carboxylic acids is 1. The molecule has 2 N–H and O–H groups in total. The average molecular weight is 176 g/mol. The van der Waals surface area contributed by atoms with Crippen LogP contribution in [-0.4, -0.2) is 29.9 Å². The number of amidine groups is 1. The second-order valence-corrected chi connectivity index (χ2v) is 2.75. The predicted molar refractivity (Wildman–Crippen MR) is 49.1 cm³/mol. The summed E-state index contributed by atoms with van der Waals surface area (Å²) >= 11 is 0. The normalized spacial score (nSPS) is 20.0. The number of aliphatic imine (C=N–C) groups is 2. The van der Waals surface area contributed by atoms with Crippen molar-refractivity contribution in [2.45, 2.75) is 0 Å². The number of rotatable bonds is 1. The molecule has 2 rings (SSSR count). The van der Waals surface area contributed by atoms with Crippen LogP contribution in [0.2, 0.25) is 0 Å². The Hall–Kier alpha value is -1.91. The van der Waals surface area contributed by atoms with Crippen LogP contribution in [0.3, 0.4) is 0 Å². The van der Waals surface area contributed by atoms with E-state index in [0.717, 1.165) is 6.29 Å². The highest BCUT2D eigenvalue weighted by Crippen LogP contribution is 2.11. The van der Waals surface area contributed by atoms with E-state index in [1.807, 2.05) is 0 Å². The Morgan fingerprint density at radius 3 is 3.15 bits per heavy atom. The van der Waals surface area contributed by atoms with Gasteiger partial charge in [0.1, 0.15) is 6.29 Å². The van der Waals surface area contributed by atoms with Gasteiger partial charge in [-0.1, -0.05) is 0 Å². The van der Waals surface area contributed by atoms with Crippen LogP contribution in [0.5, 0.6) is 0 Å². The van der Waals surface area contributed by atoms with Crippen molar-refractivity contribution in [2.75, 3.05) is 6.54 Å². The molecule has 2 aliphatic heterocycles. The van der Waals surface area contributed by atoms with Gasteiger partial charge in [-0.25, -0.2) is 9.98 Å². The molecule has 2 aliphatic rings. The monoisotopic (exact) mass is 176 g/mol. The first-order chi connectivity index (χ1) is 6.31. The molecule has 0 fully saturated rings. The van der Waals surface area contributed by atoms with Crippen molar-refractivity contribution in [1.29, 1.82) is 0 Å². The van der Waals surface area contributed by atoms with Crippen molar-refractivity contribution in [3.05, 3.63) is 23.7 Å². The van der Waals surface area contributed by atoms with Gasteiger partial charge in [0, 0.05) is 11.8 Å². The summed E-state index contributed by atoms with van der Waals surface area (Å²) in [6.45, 7) is 0.486. The van der Waals surface area contributed by atoms with Gasteiger partial charge >= 0.3 is 0 Å². The van der Waals surface area contributed by atoms with Crippen LogP contribution in [0.25, 0.3) is 0 Å². The van der Waals surface area contributed by atoms with Gasteiger partial charge in [-0.2, -0.15) is 0 Å². The smallest absolute Gasteiger partial charge is 0.158 e. The Balaban J connectivity index is 2.37. The van der Waals surface area contributed by atoms with Gasteiger partial charge in [-0.05, 0) is 0 Å². The molecule has 0 atom stereocenters. The lowest BCUT2D eigenvalue weighted by atomic mass is 10.2. The highest BCUT2D eigenvalue weighted by atomic mass is 16.1. The van der Waals surface area contributed by atoms with Gasteiger partial charge in [-0.3, -0.25) is 4.79 Å². The summed E-state index contributed by atoms with van der Waals surface area (Å²) in [5.41, 5.74) is 6.77. The van der Waals surface area contributed by atoms with E-state index in [2.05, 4.69) is 9.98 Å². The van der Waals surface area contributed by atoms with Crippen molar-refractivity contribution in [3.8, 4) is 0 Å². The van der Waals surface area contributed by atoms with Crippen LogP contribution < -0.4 is 5.73 Å². The fourth-order valence-electron chi connectivity index (χ4n) is 1.19. The fourth-order valence-corrected chi connectivity index (χ4v) is 1.19. The van der Waals surface area contributed by atoms with Crippen molar-refractivity contribution in [2.24, 2.45) is 15.7 Å². The minimum atomic E-state index is 0.486. The summed E-state index contributed by atoms with van der Waals surface area (Å²) in [5.74, 6) is 0.653. The van der Waals surface area contributed by atoms with Crippen LogP contribution in [0.1, 0.15) is 0 Å². The maximum Gasteiger partial charge on any atom is 0.158 e. The largest absolute Gasteiger partial charge is 0.394 e. The van der Waals surface area contributed by atoms with Crippen LogP contribution in [-0.2, 0) is 4.79 Å². The molecule has 5 heteroatoms. The van der Waals surface area contributed by atoms with Gasteiger partial charge in [0.15, 0.2) is 5.84 Å². The third-order valence-electron chi connectivity index (χ3n) is 1.81. The van der Waals surface area contributed by atoms with Crippen LogP contribution in [0.15, 0.2) is 33.7 Å². The van der Waals surface area contributed by atoms with E-state index < -0.39 is 0 Å². The van der Waals surface area contributed by atoms with E-state index in [1.165, 1.54) is 12.4 Å². The predicted octanol–water partition coefficient (Wildman–Crippen LogP) is -0.375.